The second-order valence-corrected chi connectivity index (χ2v) is 3.33. The first-order chi connectivity index (χ1) is 7.94. The highest BCUT2D eigenvalue weighted by molar-refractivity contribution is 5.89. The van der Waals surface area contributed by atoms with E-state index in [0.717, 1.165) is 0 Å². The highest BCUT2D eigenvalue weighted by atomic mass is 19.3. The van der Waals surface area contributed by atoms with Crippen LogP contribution in [0.1, 0.15) is 0 Å². The summed E-state index contributed by atoms with van der Waals surface area (Å²) < 4.78 is 30.6. The third kappa shape index (κ3) is 4.23. The van der Waals surface area contributed by atoms with Gasteiger partial charge in [-0.1, -0.05) is 12.1 Å². The van der Waals surface area contributed by atoms with Crippen molar-refractivity contribution >= 4 is 11.7 Å². The summed E-state index contributed by atoms with van der Waals surface area (Å²) in [5, 5.41) is 2.27. The van der Waals surface area contributed by atoms with Gasteiger partial charge in [0.25, 0.3) is 5.92 Å². The molecule has 0 fully saturated rings. The predicted molar refractivity (Wildman–Crippen MR) is 59.1 cm³/mol. The molecular formula is C10H13F2N3O2. The van der Waals surface area contributed by atoms with Crippen LogP contribution in [-0.4, -0.2) is 25.1 Å². The third-order valence-corrected chi connectivity index (χ3v) is 1.88. The topological polar surface area (TPSA) is 90.4 Å². The molecule has 1 aromatic rings. The summed E-state index contributed by atoms with van der Waals surface area (Å²) in [4.78, 5) is 10.7. The molecule has 0 spiro atoms. The summed E-state index contributed by atoms with van der Waals surface area (Å²) in [6, 6.07) is 5.33. The van der Waals surface area contributed by atoms with Crippen molar-refractivity contribution in [2.75, 3.05) is 18.5 Å². The number of hydrogen-bond donors (Lipinski definition) is 3. The molecule has 0 heterocycles. The smallest absolute Gasteiger partial charge is 0.316 e. The second-order valence-electron chi connectivity index (χ2n) is 3.33. The molecule has 1 rings (SSSR count). The van der Waals surface area contributed by atoms with E-state index in [1.807, 2.05) is 0 Å². The van der Waals surface area contributed by atoms with Gasteiger partial charge in [0, 0.05) is 0 Å². The number of para-hydroxylation sites is 2. The quantitative estimate of drug-likeness (QED) is 0.726. The molecule has 5 N–H and O–H groups in total. The Morgan fingerprint density at radius 1 is 1.41 bits per heavy atom. The largest absolute Gasteiger partial charge is 0.485 e. The van der Waals surface area contributed by atoms with Crippen molar-refractivity contribution in [3.05, 3.63) is 24.3 Å². The molecule has 94 valence electrons. The molecular weight excluding hydrogens is 232 g/mol. The molecule has 0 saturated heterocycles. The van der Waals surface area contributed by atoms with Crippen LogP contribution in [0.25, 0.3) is 0 Å². The van der Waals surface area contributed by atoms with E-state index in [2.05, 4.69) is 5.32 Å². The van der Waals surface area contributed by atoms with Crippen molar-refractivity contribution in [3.63, 3.8) is 0 Å². The van der Waals surface area contributed by atoms with E-state index in [9.17, 15) is 13.6 Å². The molecule has 0 aliphatic heterocycles. The van der Waals surface area contributed by atoms with E-state index in [1.54, 1.807) is 12.1 Å². The first-order valence-corrected chi connectivity index (χ1v) is 4.81. The van der Waals surface area contributed by atoms with Gasteiger partial charge >= 0.3 is 6.03 Å². The highest BCUT2D eigenvalue weighted by Gasteiger charge is 2.28. The minimum Gasteiger partial charge on any atom is -0.485 e. The molecule has 0 aliphatic rings. The Balaban J connectivity index is 2.73. The Morgan fingerprint density at radius 2 is 2.06 bits per heavy atom. The van der Waals surface area contributed by atoms with Crippen LogP contribution in [0, 0.1) is 0 Å². The van der Waals surface area contributed by atoms with Gasteiger partial charge in [-0.3, -0.25) is 0 Å². The first-order valence-electron chi connectivity index (χ1n) is 4.81. The van der Waals surface area contributed by atoms with E-state index >= 15 is 0 Å². The van der Waals surface area contributed by atoms with Crippen LogP contribution in [0.5, 0.6) is 5.75 Å². The SMILES string of the molecule is NCC(F)(F)COc1ccccc1NC(N)=O. The van der Waals surface area contributed by atoms with Crippen LogP contribution in [0.15, 0.2) is 24.3 Å². The first kappa shape index (κ1) is 13.2. The summed E-state index contributed by atoms with van der Waals surface area (Å²) in [6.07, 6.45) is 0. The maximum absolute atomic E-state index is 12.9. The zero-order valence-corrected chi connectivity index (χ0v) is 8.95. The average molecular weight is 245 g/mol. The van der Waals surface area contributed by atoms with E-state index < -0.39 is 25.1 Å². The summed E-state index contributed by atoms with van der Waals surface area (Å²) in [6.45, 7) is -1.67. The number of urea groups is 1. The molecule has 1 aromatic carbocycles. The number of carbonyl (C=O) groups excluding carboxylic acids is 1. The maximum atomic E-state index is 12.9. The van der Waals surface area contributed by atoms with Crippen molar-refractivity contribution in [3.8, 4) is 5.75 Å². The number of anilines is 1. The lowest BCUT2D eigenvalue weighted by Crippen LogP contribution is -2.34. The molecule has 0 aromatic heterocycles. The molecule has 0 unspecified atom stereocenters. The zero-order valence-electron chi connectivity index (χ0n) is 8.95. The number of nitrogens with two attached hydrogens (primary N) is 2. The van der Waals surface area contributed by atoms with Crippen molar-refractivity contribution in [2.45, 2.75) is 5.92 Å². The molecule has 0 radical (unpaired) electrons. The van der Waals surface area contributed by atoms with Crippen molar-refractivity contribution in [1.82, 2.24) is 0 Å². The fourth-order valence-corrected chi connectivity index (χ4v) is 1.07. The number of hydrogen-bond acceptors (Lipinski definition) is 3. The Kier molecular flexibility index (Phi) is 4.22. The zero-order chi connectivity index (χ0) is 12.9. The van der Waals surface area contributed by atoms with Crippen molar-refractivity contribution in [1.29, 1.82) is 0 Å². The van der Waals surface area contributed by atoms with Crippen LogP contribution in [0.2, 0.25) is 0 Å². The van der Waals surface area contributed by atoms with Gasteiger partial charge in [0.05, 0.1) is 12.2 Å². The van der Waals surface area contributed by atoms with Crippen LogP contribution in [0.3, 0.4) is 0 Å². The van der Waals surface area contributed by atoms with Gasteiger partial charge in [0.1, 0.15) is 5.75 Å². The standard InChI is InChI=1S/C10H13F2N3O2/c11-10(12,5-13)6-17-8-4-2-1-3-7(8)15-9(14)16/h1-4H,5-6,13H2,(H3,14,15,16). The fraction of sp³-hybridized carbons (Fsp3) is 0.300. The van der Waals surface area contributed by atoms with Crippen molar-refractivity contribution in [2.24, 2.45) is 11.5 Å². The maximum Gasteiger partial charge on any atom is 0.316 e. The van der Waals surface area contributed by atoms with E-state index in [4.69, 9.17) is 16.2 Å². The van der Waals surface area contributed by atoms with Gasteiger partial charge in [-0.25, -0.2) is 13.6 Å². The number of nitrogens with one attached hydrogen (secondary N) is 1. The minimum atomic E-state index is -3.11. The molecule has 17 heavy (non-hydrogen) atoms. The Hall–Kier alpha value is -1.89. The number of carbonyl (C=O) groups is 1. The third-order valence-electron chi connectivity index (χ3n) is 1.88. The normalized spacial score (nSPS) is 11.0. The van der Waals surface area contributed by atoms with Crippen LogP contribution < -0.4 is 21.5 Å². The lowest BCUT2D eigenvalue weighted by atomic mass is 10.3. The number of halogens is 2. The molecule has 5 nitrogen and oxygen atoms in total. The minimum absolute atomic E-state index is 0.111. The van der Waals surface area contributed by atoms with Crippen LogP contribution in [0.4, 0.5) is 19.3 Å². The molecule has 0 aliphatic carbocycles. The molecule has 7 heteroatoms. The van der Waals surface area contributed by atoms with E-state index in [0.29, 0.717) is 0 Å². The molecule has 0 saturated carbocycles. The molecule has 2 amide bonds. The number of amides is 2. The molecule has 0 atom stereocenters. The Morgan fingerprint density at radius 3 is 2.65 bits per heavy atom. The number of benzene rings is 1. The van der Waals surface area contributed by atoms with Gasteiger partial charge < -0.3 is 21.5 Å². The van der Waals surface area contributed by atoms with Gasteiger partial charge in [-0.15, -0.1) is 0 Å². The number of alkyl halides is 2. The van der Waals surface area contributed by atoms with Gasteiger partial charge in [-0.05, 0) is 12.1 Å². The van der Waals surface area contributed by atoms with Gasteiger partial charge in [0.15, 0.2) is 6.61 Å². The molecule has 0 bridgehead atoms. The van der Waals surface area contributed by atoms with E-state index in [1.165, 1.54) is 12.1 Å². The second kappa shape index (κ2) is 5.44. The lowest BCUT2D eigenvalue weighted by molar-refractivity contribution is -0.0317. The fourth-order valence-electron chi connectivity index (χ4n) is 1.07. The summed E-state index contributed by atoms with van der Waals surface area (Å²) in [5.74, 6) is -3.00. The highest BCUT2D eigenvalue weighted by Crippen LogP contribution is 2.25. The van der Waals surface area contributed by atoms with Crippen LogP contribution in [-0.2, 0) is 0 Å². The van der Waals surface area contributed by atoms with E-state index in [-0.39, 0.29) is 11.4 Å². The predicted octanol–water partition coefficient (Wildman–Crippen LogP) is 1.15. The number of ether oxygens (including phenoxy) is 1. The van der Waals surface area contributed by atoms with Crippen molar-refractivity contribution < 1.29 is 18.3 Å². The average Bonchev–Trinajstić information content (AvgIpc) is 2.27. The Labute approximate surface area is 96.7 Å². The number of rotatable bonds is 5. The monoisotopic (exact) mass is 245 g/mol. The van der Waals surface area contributed by atoms with Gasteiger partial charge in [0.2, 0.25) is 0 Å². The lowest BCUT2D eigenvalue weighted by Gasteiger charge is -2.16. The Bertz CT molecular complexity index is 399. The summed E-state index contributed by atoms with van der Waals surface area (Å²) >= 11 is 0. The number of primary amides is 1. The van der Waals surface area contributed by atoms with Crippen LogP contribution >= 0.6 is 0 Å². The summed E-state index contributed by atoms with van der Waals surface area (Å²) in [5.41, 5.74) is 10.0. The van der Waals surface area contributed by atoms with Gasteiger partial charge in [-0.2, -0.15) is 0 Å². The summed E-state index contributed by atoms with van der Waals surface area (Å²) in [7, 11) is 0.